The molecular weight excluding hydrogens is 348 g/mol. The summed E-state index contributed by atoms with van der Waals surface area (Å²) < 4.78 is 5.14. The number of thiophene rings is 1. The van der Waals surface area contributed by atoms with Crippen molar-refractivity contribution in [3.8, 4) is 0 Å². The van der Waals surface area contributed by atoms with Crippen LogP contribution >= 0.6 is 11.3 Å². The Labute approximate surface area is 158 Å². The maximum absolute atomic E-state index is 12.8. The van der Waals surface area contributed by atoms with Crippen molar-refractivity contribution in [3.63, 3.8) is 0 Å². The number of carbonyl (C=O) groups excluding carboxylic acids is 1. The highest BCUT2D eigenvalue weighted by molar-refractivity contribution is 7.10. The second kappa shape index (κ2) is 7.90. The molecule has 2 fully saturated rings. The van der Waals surface area contributed by atoms with Gasteiger partial charge in [0.25, 0.3) is 0 Å². The number of hydrogen-bond donors (Lipinski definition) is 0. The lowest BCUT2D eigenvalue weighted by atomic mass is 10.2. The van der Waals surface area contributed by atoms with Gasteiger partial charge in [-0.05, 0) is 31.2 Å². The quantitative estimate of drug-likeness (QED) is 0.805. The Kier molecular flexibility index (Phi) is 5.38. The monoisotopic (exact) mass is 374 g/mol. The predicted molar refractivity (Wildman–Crippen MR) is 101 cm³/mol. The molecule has 0 N–H and O–H groups in total. The van der Waals surface area contributed by atoms with Gasteiger partial charge in [-0.25, -0.2) is 0 Å². The molecule has 1 atom stereocenters. The van der Waals surface area contributed by atoms with Crippen LogP contribution in [0.3, 0.4) is 0 Å². The van der Waals surface area contributed by atoms with Crippen LogP contribution in [0.4, 0.5) is 0 Å². The lowest BCUT2D eigenvalue weighted by molar-refractivity contribution is -0.133. The van der Waals surface area contributed by atoms with Crippen LogP contribution in [0.15, 0.2) is 28.1 Å². The lowest BCUT2D eigenvalue weighted by Gasteiger charge is -2.35. The first-order valence-corrected chi connectivity index (χ1v) is 10.3. The number of likely N-dealkylation sites (tertiary alicyclic amines) is 1. The topological polar surface area (TPSA) is 52.8 Å². The van der Waals surface area contributed by atoms with Crippen LogP contribution in [0.2, 0.25) is 0 Å². The van der Waals surface area contributed by atoms with Crippen molar-refractivity contribution in [3.05, 3.63) is 39.9 Å². The molecule has 0 aromatic carbocycles. The summed E-state index contributed by atoms with van der Waals surface area (Å²) in [5, 5.41) is 6.18. The Morgan fingerprint density at radius 3 is 2.77 bits per heavy atom. The van der Waals surface area contributed by atoms with Crippen LogP contribution < -0.4 is 0 Å². The average molecular weight is 375 g/mol. The van der Waals surface area contributed by atoms with Gasteiger partial charge in [0.15, 0.2) is 0 Å². The first kappa shape index (κ1) is 17.7. The molecule has 0 spiro atoms. The Bertz CT molecular complexity index is 722. The van der Waals surface area contributed by atoms with Gasteiger partial charge in [0.1, 0.15) is 5.76 Å². The van der Waals surface area contributed by atoms with E-state index in [1.807, 2.05) is 13.0 Å². The van der Waals surface area contributed by atoms with E-state index in [1.165, 1.54) is 4.88 Å². The molecule has 0 radical (unpaired) electrons. The zero-order chi connectivity index (χ0) is 17.9. The number of aromatic nitrogens is 1. The fraction of sp³-hybridized carbons (Fsp3) is 0.579. The number of piperazine rings is 1. The molecule has 4 rings (SSSR count). The van der Waals surface area contributed by atoms with E-state index < -0.39 is 0 Å². The Balaban J connectivity index is 1.26. The number of hydrogen-bond acceptors (Lipinski definition) is 6. The van der Waals surface area contributed by atoms with Gasteiger partial charge in [-0.15, -0.1) is 11.3 Å². The minimum absolute atomic E-state index is 0.279. The number of nitrogens with zero attached hydrogens (tertiary/aromatic N) is 4. The minimum atomic E-state index is 0.279. The van der Waals surface area contributed by atoms with Crippen molar-refractivity contribution in [2.24, 2.45) is 0 Å². The Morgan fingerprint density at radius 1 is 1.27 bits per heavy atom. The molecule has 26 heavy (non-hydrogen) atoms. The van der Waals surface area contributed by atoms with Crippen LogP contribution in [0, 0.1) is 6.92 Å². The number of amides is 1. The SMILES string of the molecule is Cc1cc(CN2CCN(CC(=O)N3CCCC3c3cccs3)CC2)no1. The molecule has 2 aromatic rings. The number of rotatable bonds is 5. The highest BCUT2D eigenvalue weighted by Gasteiger charge is 2.31. The van der Waals surface area contributed by atoms with E-state index in [9.17, 15) is 4.79 Å². The molecule has 2 aliphatic rings. The van der Waals surface area contributed by atoms with Crippen molar-refractivity contribution in [2.45, 2.75) is 32.4 Å². The highest BCUT2D eigenvalue weighted by atomic mass is 32.1. The number of carbonyl (C=O) groups is 1. The summed E-state index contributed by atoms with van der Waals surface area (Å²) >= 11 is 1.76. The third kappa shape index (κ3) is 4.00. The van der Waals surface area contributed by atoms with E-state index >= 15 is 0 Å². The predicted octanol–water partition coefficient (Wildman–Crippen LogP) is 2.53. The summed E-state index contributed by atoms with van der Waals surface area (Å²) in [6.45, 7) is 7.97. The highest BCUT2D eigenvalue weighted by Crippen LogP contribution is 2.34. The third-order valence-corrected chi connectivity index (χ3v) is 6.30. The molecule has 0 bridgehead atoms. The Morgan fingerprint density at radius 2 is 2.08 bits per heavy atom. The second-order valence-corrected chi connectivity index (χ2v) is 8.22. The molecule has 1 unspecified atom stereocenters. The van der Waals surface area contributed by atoms with Gasteiger partial charge < -0.3 is 9.42 Å². The standard InChI is InChI=1S/C19H26N4O2S/c1-15-12-16(20-25-15)13-21-7-9-22(10-8-21)14-19(24)23-6-2-4-17(23)18-5-3-11-26-18/h3,5,11-12,17H,2,4,6-10,13-14H2,1H3. The summed E-state index contributed by atoms with van der Waals surface area (Å²) in [4.78, 5) is 20.9. The zero-order valence-electron chi connectivity index (χ0n) is 15.3. The fourth-order valence-electron chi connectivity index (χ4n) is 3.95. The maximum atomic E-state index is 12.8. The maximum Gasteiger partial charge on any atom is 0.237 e. The lowest BCUT2D eigenvalue weighted by Crippen LogP contribution is -2.49. The summed E-state index contributed by atoms with van der Waals surface area (Å²) in [7, 11) is 0. The smallest absolute Gasteiger partial charge is 0.237 e. The summed E-state index contributed by atoms with van der Waals surface area (Å²) in [5.74, 6) is 1.14. The van der Waals surface area contributed by atoms with Crippen molar-refractivity contribution in [2.75, 3.05) is 39.3 Å². The third-order valence-electron chi connectivity index (χ3n) is 5.33. The van der Waals surface area contributed by atoms with Crippen LogP contribution in [0.1, 0.15) is 35.2 Å². The van der Waals surface area contributed by atoms with Crippen molar-refractivity contribution in [1.29, 1.82) is 0 Å². The van der Waals surface area contributed by atoms with Crippen molar-refractivity contribution in [1.82, 2.24) is 19.9 Å². The summed E-state index contributed by atoms with van der Waals surface area (Å²) in [6, 6.07) is 6.52. The Hall–Kier alpha value is -1.70. The van der Waals surface area contributed by atoms with Crippen molar-refractivity contribution < 1.29 is 9.32 Å². The molecule has 6 nitrogen and oxygen atoms in total. The van der Waals surface area contributed by atoms with Crippen LogP contribution in [-0.2, 0) is 11.3 Å². The first-order valence-electron chi connectivity index (χ1n) is 9.39. The minimum Gasteiger partial charge on any atom is -0.361 e. The zero-order valence-corrected chi connectivity index (χ0v) is 16.1. The molecule has 1 amide bonds. The van der Waals surface area contributed by atoms with Gasteiger partial charge in [0.2, 0.25) is 5.91 Å². The summed E-state index contributed by atoms with van der Waals surface area (Å²) in [5.41, 5.74) is 0.989. The molecule has 2 aromatic heterocycles. The van der Waals surface area contributed by atoms with E-state index in [0.29, 0.717) is 12.6 Å². The second-order valence-electron chi connectivity index (χ2n) is 7.24. The van der Waals surface area contributed by atoms with Gasteiger partial charge in [0.05, 0.1) is 18.3 Å². The largest absolute Gasteiger partial charge is 0.361 e. The molecule has 4 heterocycles. The van der Waals surface area contributed by atoms with E-state index in [-0.39, 0.29) is 5.91 Å². The molecule has 0 saturated carbocycles. The first-order chi connectivity index (χ1) is 12.7. The van der Waals surface area contributed by atoms with Gasteiger partial charge in [-0.2, -0.15) is 0 Å². The van der Waals surface area contributed by atoms with Gasteiger partial charge >= 0.3 is 0 Å². The van der Waals surface area contributed by atoms with Crippen LogP contribution in [0.5, 0.6) is 0 Å². The fourth-order valence-corrected chi connectivity index (χ4v) is 4.82. The van der Waals surface area contributed by atoms with E-state index in [4.69, 9.17) is 4.52 Å². The average Bonchev–Trinajstić information content (AvgIpc) is 3.37. The van der Waals surface area contributed by atoms with Gasteiger partial charge in [0, 0.05) is 50.2 Å². The molecule has 2 aliphatic heterocycles. The van der Waals surface area contributed by atoms with E-state index in [0.717, 1.165) is 63.6 Å². The molecular formula is C19H26N4O2S. The van der Waals surface area contributed by atoms with Crippen LogP contribution in [0.25, 0.3) is 0 Å². The molecule has 7 heteroatoms. The van der Waals surface area contributed by atoms with Crippen molar-refractivity contribution >= 4 is 17.2 Å². The van der Waals surface area contributed by atoms with E-state index in [1.54, 1.807) is 11.3 Å². The normalized spacial score (nSPS) is 22.2. The van der Waals surface area contributed by atoms with Gasteiger partial charge in [-0.1, -0.05) is 11.2 Å². The molecule has 140 valence electrons. The summed E-state index contributed by atoms with van der Waals surface area (Å²) in [6.07, 6.45) is 2.20. The van der Waals surface area contributed by atoms with Crippen LogP contribution in [-0.4, -0.2) is 65.0 Å². The van der Waals surface area contributed by atoms with E-state index in [2.05, 4.69) is 37.4 Å². The molecule has 0 aliphatic carbocycles. The molecule has 2 saturated heterocycles. The van der Waals surface area contributed by atoms with Gasteiger partial charge in [-0.3, -0.25) is 14.6 Å². The number of aryl methyl sites for hydroxylation is 1.